The van der Waals surface area contributed by atoms with Crippen molar-refractivity contribution in [3.8, 4) is 0 Å². The molecule has 3 aromatic carbocycles. The maximum absolute atomic E-state index is 13.6. The van der Waals surface area contributed by atoms with Gasteiger partial charge in [-0.3, -0.25) is 9.59 Å². The Kier molecular flexibility index (Phi) is 6.63. The summed E-state index contributed by atoms with van der Waals surface area (Å²) in [5.41, 5.74) is 8.76. The second-order valence-corrected chi connectivity index (χ2v) is 8.35. The number of nitrogens with zero attached hydrogens (tertiary/aromatic N) is 2. The Balaban J connectivity index is 1.72. The van der Waals surface area contributed by atoms with Crippen LogP contribution in [-0.4, -0.2) is 23.9 Å². The Morgan fingerprint density at radius 1 is 0.971 bits per heavy atom. The normalized spacial score (nSPS) is 16.9. The molecule has 0 bridgehead atoms. The first kappa shape index (κ1) is 23.0. The van der Waals surface area contributed by atoms with Gasteiger partial charge < -0.3 is 20.9 Å². The molecule has 1 heterocycles. The molecule has 7 nitrogen and oxygen atoms in total. The summed E-state index contributed by atoms with van der Waals surface area (Å²) < 4.78 is 0. The minimum atomic E-state index is -0.659. The molecule has 0 spiro atoms. The lowest BCUT2D eigenvalue weighted by Gasteiger charge is -2.43. The summed E-state index contributed by atoms with van der Waals surface area (Å²) in [6.45, 7) is 3.87. The van der Waals surface area contributed by atoms with Crippen molar-refractivity contribution < 1.29 is 14.4 Å². The molecular formula is C27H28N4O3. The third kappa shape index (κ3) is 4.50. The van der Waals surface area contributed by atoms with Gasteiger partial charge in [-0.05, 0) is 61.4 Å². The SMILES string of the molecule is CCC(=O)N(c1ccccc1)[C@H]1C[C@@H](C)N(C(=O)c2ccc(NC(N)=O)cc2)c2ccccc21. The molecule has 34 heavy (non-hydrogen) atoms. The number of urea groups is 1. The Labute approximate surface area is 199 Å². The fourth-order valence-corrected chi connectivity index (χ4v) is 4.57. The average Bonchev–Trinajstić information content (AvgIpc) is 2.84. The maximum atomic E-state index is 13.6. The smallest absolute Gasteiger partial charge is 0.316 e. The van der Waals surface area contributed by atoms with Crippen molar-refractivity contribution in [1.29, 1.82) is 0 Å². The number of amides is 4. The van der Waals surface area contributed by atoms with Crippen LogP contribution in [0.2, 0.25) is 0 Å². The highest BCUT2D eigenvalue weighted by Gasteiger charge is 2.38. The summed E-state index contributed by atoms with van der Waals surface area (Å²) in [6.07, 6.45) is 0.987. The Morgan fingerprint density at radius 3 is 2.26 bits per heavy atom. The number of nitrogens with two attached hydrogens (primary N) is 1. The largest absolute Gasteiger partial charge is 0.351 e. The van der Waals surface area contributed by atoms with Crippen LogP contribution in [0.25, 0.3) is 0 Å². The molecule has 4 amide bonds. The van der Waals surface area contributed by atoms with E-state index in [-0.39, 0.29) is 23.9 Å². The lowest BCUT2D eigenvalue weighted by atomic mass is 9.89. The summed E-state index contributed by atoms with van der Waals surface area (Å²) in [7, 11) is 0. The molecule has 0 saturated carbocycles. The van der Waals surface area contributed by atoms with Gasteiger partial charge in [0.15, 0.2) is 0 Å². The third-order valence-electron chi connectivity index (χ3n) is 6.10. The van der Waals surface area contributed by atoms with Gasteiger partial charge in [0.2, 0.25) is 5.91 Å². The predicted octanol–water partition coefficient (Wildman–Crippen LogP) is 5.10. The number of hydrogen-bond donors (Lipinski definition) is 2. The molecule has 0 fully saturated rings. The molecular weight excluding hydrogens is 428 g/mol. The lowest BCUT2D eigenvalue weighted by Crippen LogP contribution is -2.47. The van der Waals surface area contributed by atoms with Crippen LogP contribution in [0.1, 0.15) is 48.7 Å². The van der Waals surface area contributed by atoms with Gasteiger partial charge in [0.1, 0.15) is 0 Å². The van der Waals surface area contributed by atoms with Crippen LogP contribution in [0.3, 0.4) is 0 Å². The summed E-state index contributed by atoms with van der Waals surface area (Å²) in [5.74, 6) is -0.104. The van der Waals surface area contributed by atoms with Gasteiger partial charge in [0, 0.05) is 35.1 Å². The number of rotatable bonds is 5. The number of primary amides is 1. The first-order valence-electron chi connectivity index (χ1n) is 11.4. The van der Waals surface area contributed by atoms with E-state index in [1.807, 2.05) is 73.3 Å². The molecule has 3 aromatic rings. The second kappa shape index (κ2) is 9.79. The van der Waals surface area contributed by atoms with Gasteiger partial charge >= 0.3 is 6.03 Å². The van der Waals surface area contributed by atoms with Crippen molar-refractivity contribution in [2.24, 2.45) is 5.73 Å². The van der Waals surface area contributed by atoms with Crippen LogP contribution in [0, 0.1) is 0 Å². The van der Waals surface area contributed by atoms with Crippen LogP contribution in [0.5, 0.6) is 0 Å². The molecule has 2 atom stereocenters. The molecule has 4 rings (SSSR count). The van der Waals surface area contributed by atoms with Crippen LogP contribution in [0.4, 0.5) is 21.9 Å². The van der Waals surface area contributed by atoms with Crippen molar-refractivity contribution in [1.82, 2.24) is 0 Å². The number of carbonyl (C=O) groups is 3. The molecule has 1 aliphatic heterocycles. The van der Waals surface area contributed by atoms with Gasteiger partial charge in [-0.2, -0.15) is 0 Å². The number of carbonyl (C=O) groups excluding carboxylic acids is 3. The zero-order valence-electron chi connectivity index (χ0n) is 19.3. The molecule has 0 aromatic heterocycles. The Hall–Kier alpha value is -4.13. The number of anilines is 3. The molecule has 1 aliphatic rings. The Morgan fingerprint density at radius 2 is 1.62 bits per heavy atom. The van der Waals surface area contributed by atoms with E-state index in [9.17, 15) is 14.4 Å². The number of benzene rings is 3. The summed E-state index contributed by atoms with van der Waals surface area (Å²) >= 11 is 0. The van der Waals surface area contributed by atoms with Crippen molar-refractivity contribution in [2.75, 3.05) is 15.1 Å². The molecule has 0 unspecified atom stereocenters. The average molecular weight is 457 g/mol. The standard InChI is InChI=1S/C27H28N4O3/c1-3-25(32)31(21-9-5-4-6-10-21)24-17-18(2)30(23-12-8-7-11-22(23)24)26(33)19-13-15-20(16-14-19)29-27(28)34/h4-16,18,24H,3,17H2,1-2H3,(H3,28,29,34)/t18-,24+/m1/s1. The van der Waals surface area contributed by atoms with Gasteiger partial charge in [0.05, 0.1) is 6.04 Å². The first-order valence-corrected chi connectivity index (χ1v) is 11.4. The number of nitrogens with one attached hydrogen (secondary N) is 1. The van der Waals surface area contributed by atoms with Crippen molar-refractivity contribution in [3.63, 3.8) is 0 Å². The lowest BCUT2D eigenvalue weighted by molar-refractivity contribution is -0.118. The number of para-hydroxylation sites is 2. The maximum Gasteiger partial charge on any atom is 0.316 e. The zero-order chi connectivity index (χ0) is 24.2. The van der Waals surface area contributed by atoms with E-state index in [1.54, 1.807) is 29.2 Å². The van der Waals surface area contributed by atoms with Crippen molar-refractivity contribution in [3.05, 3.63) is 90.0 Å². The van der Waals surface area contributed by atoms with Crippen molar-refractivity contribution in [2.45, 2.75) is 38.8 Å². The fraction of sp³-hybridized carbons (Fsp3) is 0.222. The van der Waals surface area contributed by atoms with Gasteiger partial charge in [-0.15, -0.1) is 0 Å². The highest BCUT2D eigenvalue weighted by molar-refractivity contribution is 6.08. The first-order chi connectivity index (χ1) is 16.4. The highest BCUT2D eigenvalue weighted by atomic mass is 16.2. The van der Waals surface area contributed by atoms with Crippen molar-refractivity contribution >= 4 is 34.9 Å². The predicted molar refractivity (Wildman–Crippen MR) is 134 cm³/mol. The van der Waals surface area contributed by atoms with E-state index in [4.69, 9.17) is 5.73 Å². The summed E-state index contributed by atoms with van der Waals surface area (Å²) in [4.78, 5) is 41.4. The third-order valence-corrected chi connectivity index (χ3v) is 6.10. The number of hydrogen-bond acceptors (Lipinski definition) is 3. The van der Waals surface area contributed by atoms with E-state index in [2.05, 4.69) is 5.32 Å². The van der Waals surface area contributed by atoms with Gasteiger partial charge in [-0.25, -0.2) is 4.79 Å². The highest BCUT2D eigenvalue weighted by Crippen LogP contribution is 2.42. The molecule has 0 aliphatic carbocycles. The quantitative estimate of drug-likeness (QED) is 0.559. The van der Waals surface area contributed by atoms with Crippen LogP contribution >= 0.6 is 0 Å². The van der Waals surface area contributed by atoms with E-state index < -0.39 is 6.03 Å². The summed E-state index contributed by atoms with van der Waals surface area (Å²) in [5, 5.41) is 2.50. The van der Waals surface area contributed by atoms with Crippen LogP contribution in [-0.2, 0) is 4.79 Å². The van der Waals surface area contributed by atoms with E-state index in [1.165, 1.54) is 0 Å². The zero-order valence-corrected chi connectivity index (χ0v) is 19.3. The van der Waals surface area contributed by atoms with Crippen LogP contribution in [0.15, 0.2) is 78.9 Å². The molecule has 174 valence electrons. The summed E-state index contributed by atoms with van der Waals surface area (Å²) in [6, 6.07) is 23.1. The number of fused-ring (bicyclic) bond motifs is 1. The minimum absolute atomic E-state index is 0.0375. The Bertz CT molecular complexity index is 1190. The minimum Gasteiger partial charge on any atom is -0.351 e. The fourth-order valence-electron chi connectivity index (χ4n) is 4.57. The molecule has 3 N–H and O–H groups in total. The monoisotopic (exact) mass is 456 g/mol. The molecule has 7 heteroatoms. The topological polar surface area (TPSA) is 95.7 Å². The van der Waals surface area contributed by atoms with Crippen LogP contribution < -0.4 is 20.9 Å². The molecule has 0 saturated heterocycles. The van der Waals surface area contributed by atoms with Gasteiger partial charge in [0.25, 0.3) is 5.91 Å². The van der Waals surface area contributed by atoms with Gasteiger partial charge in [-0.1, -0.05) is 43.3 Å². The molecule has 0 radical (unpaired) electrons. The second-order valence-electron chi connectivity index (χ2n) is 8.35. The van der Waals surface area contributed by atoms with E-state index in [0.717, 1.165) is 16.9 Å². The van der Waals surface area contributed by atoms with E-state index >= 15 is 0 Å². The van der Waals surface area contributed by atoms with E-state index in [0.29, 0.717) is 24.1 Å².